The van der Waals surface area contributed by atoms with Crippen LogP contribution < -0.4 is 10.5 Å². The summed E-state index contributed by atoms with van der Waals surface area (Å²) in [6.07, 6.45) is 5.29. The molecule has 2 N–H and O–H groups in total. The second-order valence-electron chi connectivity index (χ2n) is 4.32. The maximum Gasteiger partial charge on any atom is 0.151 e. The van der Waals surface area contributed by atoms with Crippen LogP contribution in [0.5, 0.6) is 5.75 Å². The quantitative estimate of drug-likeness (QED) is 0.854. The van der Waals surface area contributed by atoms with Crippen molar-refractivity contribution in [3.05, 3.63) is 23.5 Å². The van der Waals surface area contributed by atoms with Crippen molar-refractivity contribution < 1.29 is 9.53 Å². The molecule has 1 aliphatic rings. The summed E-state index contributed by atoms with van der Waals surface area (Å²) in [7, 11) is 0. The number of nitrogens with two attached hydrogens (primary N) is 1. The number of aromatic nitrogens is 1. The van der Waals surface area contributed by atoms with E-state index < -0.39 is 6.17 Å². The van der Waals surface area contributed by atoms with Crippen LogP contribution in [0.15, 0.2) is 18.5 Å². The van der Waals surface area contributed by atoms with Gasteiger partial charge in [-0.1, -0.05) is 11.6 Å². The third kappa shape index (κ3) is 4.62. The lowest BCUT2D eigenvalue weighted by atomic mass is 10.1. The molecule has 0 saturated carbocycles. The minimum absolute atomic E-state index is 0. The Hall–Kier alpha value is -0.880. The molecule has 2 heterocycles. The highest BCUT2D eigenvalue weighted by Crippen LogP contribution is 2.21. The lowest BCUT2D eigenvalue weighted by Gasteiger charge is -2.33. The molecule has 7 heteroatoms. The SMILES string of the molecule is Cl.NC(C=O)N1CCC(Oc2cncc(Cl)c2)CC1. The van der Waals surface area contributed by atoms with Gasteiger partial charge in [-0.2, -0.15) is 0 Å². The number of likely N-dealkylation sites (tertiary alicyclic amines) is 1. The Morgan fingerprint density at radius 1 is 1.47 bits per heavy atom. The van der Waals surface area contributed by atoms with E-state index in [1.54, 1.807) is 18.5 Å². The largest absolute Gasteiger partial charge is 0.489 e. The predicted molar refractivity (Wildman–Crippen MR) is 75.8 cm³/mol. The van der Waals surface area contributed by atoms with Gasteiger partial charge in [-0.25, -0.2) is 0 Å². The number of halogens is 2. The molecule has 0 aliphatic carbocycles. The number of piperidine rings is 1. The van der Waals surface area contributed by atoms with Crippen LogP contribution >= 0.6 is 24.0 Å². The van der Waals surface area contributed by atoms with Crippen molar-refractivity contribution in [1.29, 1.82) is 0 Å². The van der Waals surface area contributed by atoms with Crippen LogP contribution in [0, 0.1) is 0 Å². The van der Waals surface area contributed by atoms with Gasteiger partial charge in [0.1, 0.15) is 18.0 Å². The minimum atomic E-state index is -0.501. The molecule has 1 aromatic heterocycles. The number of rotatable bonds is 4. The van der Waals surface area contributed by atoms with E-state index >= 15 is 0 Å². The lowest BCUT2D eigenvalue weighted by Crippen LogP contribution is -2.49. The summed E-state index contributed by atoms with van der Waals surface area (Å²) in [5.41, 5.74) is 5.66. The summed E-state index contributed by atoms with van der Waals surface area (Å²) in [5, 5.41) is 0.563. The summed E-state index contributed by atoms with van der Waals surface area (Å²) in [6.45, 7) is 1.52. The summed E-state index contributed by atoms with van der Waals surface area (Å²) in [5.74, 6) is 0.681. The molecule has 1 fully saturated rings. The van der Waals surface area contributed by atoms with Crippen LogP contribution in [0.4, 0.5) is 0 Å². The van der Waals surface area contributed by atoms with Crippen LogP contribution in [0.1, 0.15) is 12.8 Å². The highest BCUT2D eigenvalue weighted by atomic mass is 35.5. The van der Waals surface area contributed by atoms with Gasteiger partial charge in [-0.3, -0.25) is 9.88 Å². The maximum absolute atomic E-state index is 10.6. The Kier molecular flexibility index (Phi) is 6.51. The highest BCUT2D eigenvalue weighted by molar-refractivity contribution is 6.30. The monoisotopic (exact) mass is 305 g/mol. The number of hydrogen-bond donors (Lipinski definition) is 1. The molecule has 19 heavy (non-hydrogen) atoms. The van der Waals surface area contributed by atoms with E-state index in [0.29, 0.717) is 10.8 Å². The van der Waals surface area contributed by atoms with Crippen LogP contribution in [0.2, 0.25) is 5.02 Å². The molecule has 0 radical (unpaired) electrons. The average molecular weight is 306 g/mol. The topological polar surface area (TPSA) is 68.5 Å². The first-order valence-corrected chi connectivity index (χ1v) is 6.29. The van der Waals surface area contributed by atoms with Gasteiger partial charge in [0.2, 0.25) is 0 Å². The predicted octanol–water partition coefficient (Wildman–Crippen LogP) is 1.48. The van der Waals surface area contributed by atoms with Gasteiger partial charge in [0.05, 0.1) is 11.2 Å². The molecular weight excluding hydrogens is 289 g/mol. The van der Waals surface area contributed by atoms with Crippen LogP contribution in [0.25, 0.3) is 0 Å². The average Bonchev–Trinajstić information content (AvgIpc) is 2.39. The van der Waals surface area contributed by atoms with Gasteiger partial charge in [0.25, 0.3) is 0 Å². The van der Waals surface area contributed by atoms with Gasteiger partial charge >= 0.3 is 0 Å². The van der Waals surface area contributed by atoms with Crippen molar-refractivity contribution in [2.45, 2.75) is 25.1 Å². The van der Waals surface area contributed by atoms with Crippen molar-refractivity contribution >= 4 is 30.3 Å². The number of nitrogens with zero attached hydrogens (tertiary/aromatic N) is 2. The minimum Gasteiger partial charge on any atom is -0.489 e. The van der Waals surface area contributed by atoms with Crippen LogP contribution in [-0.4, -0.2) is 41.5 Å². The third-order valence-corrected chi connectivity index (χ3v) is 3.23. The lowest BCUT2D eigenvalue weighted by molar-refractivity contribution is -0.113. The van der Waals surface area contributed by atoms with E-state index in [9.17, 15) is 4.79 Å². The number of hydrogen-bond acceptors (Lipinski definition) is 5. The first-order chi connectivity index (χ1) is 8.69. The van der Waals surface area contributed by atoms with E-state index in [2.05, 4.69) is 4.98 Å². The third-order valence-electron chi connectivity index (χ3n) is 3.02. The van der Waals surface area contributed by atoms with Gasteiger partial charge in [0.15, 0.2) is 6.29 Å². The summed E-state index contributed by atoms with van der Waals surface area (Å²) < 4.78 is 5.80. The number of carbonyl (C=O) groups is 1. The van der Waals surface area contributed by atoms with Gasteiger partial charge in [0, 0.05) is 25.4 Å². The van der Waals surface area contributed by atoms with Crippen molar-refractivity contribution in [2.75, 3.05) is 13.1 Å². The highest BCUT2D eigenvalue weighted by Gasteiger charge is 2.23. The Labute approximate surface area is 123 Å². The fraction of sp³-hybridized carbons (Fsp3) is 0.500. The molecule has 0 aromatic carbocycles. The molecule has 1 atom stereocenters. The molecular formula is C12H17Cl2N3O2. The molecule has 0 amide bonds. The molecule has 0 bridgehead atoms. The summed E-state index contributed by atoms with van der Waals surface area (Å²) >= 11 is 5.84. The zero-order valence-electron chi connectivity index (χ0n) is 10.4. The van der Waals surface area contributed by atoms with Crippen molar-refractivity contribution in [3.63, 3.8) is 0 Å². The molecule has 1 aliphatic heterocycles. The van der Waals surface area contributed by atoms with E-state index in [1.165, 1.54) is 0 Å². The smallest absolute Gasteiger partial charge is 0.151 e. The molecule has 106 valence electrons. The molecule has 0 spiro atoms. The zero-order valence-corrected chi connectivity index (χ0v) is 11.9. The normalized spacial score (nSPS) is 18.4. The Morgan fingerprint density at radius 3 is 2.74 bits per heavy atom. The molecule has 2 rings (SSSR count). The number of carbonyl (C=O) groups excluding carboxylic acids is 1. The molecule has 1 unspecified atom stereocenters. The summed E-state index contributed by atoms with van der Waals surface area (Å²) in [6, 6.07) is 1.75. The standard InChI is InChI=1S/C12H16ClN3O2.ClH/c13-9-5-11(7-15-6-9)18-10-1-3-16(4-2-10)12(14)8-17;/h5-8,10,12H,1-4,14H2;1H. The molecule has 1 aromatic rings. The van der Waals surface area contributed by atoms with Gasteiger partial charge < -0.3 is 15.3 Å². The van der Waals surface area contributed by atoms with Gasteiger partial charge in [-0.15, -0.1) is 12.4 Å². The maximum atomic E-state index is 10.6. The van der Waals surface area contributed by atoms with E-state index in [4.69, 9.17) is 22.1 Å². The van der Waals surface area contributed by atoms with Crippen molar-refractivity contribution in [2.24, 2.45) is 5.73 Å². The number of ether oxygens (including phenoxy) is 1. The second kappa shape index (κ2) is 7.65. The fourth-order valence-electron chi connectivity index (χ4n) is 2.03. The van der Waals surface area contributed by atoms with E-state index in [0.717, 1.165) is 32.2 Å². The Balaban J connectivity index is 0.00000180. The van der Waals surface area contributed by atoms with Crippen LogP contribution in [0.3, 0.4) is 0 Å². The molecule has 1 saturated heterocycles. The van der Waals surface area contributed by atoms with Gasteiger partial charge in [-0.05, 0) is 12.8 Å². The Morgan fingerprint density at radius 2 is 2.16 bits per heavy atom. The van der Waals surface area contributed by atoms with E-state index in [1.807, 2.05) is 4.90 Å². The van der Waals surface area contributed by atoms with E-state index in [-0.39, 0.29) is 18.5 Å². The number of aldehydes is 1. The zero-order chi connectivity index (χ0) is 13.0. The first kappa shape index (κ1) is 16.2. The second-order valence-corrected chi connectivity index (χ2v) is 4.76. The van der Waals surface area contributed by atoms with Crippen molar-refractivity contribution in [1.82, 2.24) is 9.88 Å². The van der Waals surface area contributed by atoms with Crippen molar-refractivity contribution in [3.8, 4) is 5.75 Å². The number of pyridine rings is 1. The molecule has 5 nitrogen and oxygen atoms in total. The fourth-order valence-corrected chi connectivity index (χ4v) is 2.19. The Bertz CT molecular complexity index is 412. The summed E-state index contributed by atoms with van der Waals surface area (Å²) in [4.78, 5) is 16.5. The van der Waals surface area contributed by atoms with Crippen LogP contribution in [-0.2, 0) is 4.79 Å². The first-order valence-electron chi connectivity index (χ1n) is 5.91.